The Morgan fingerprint density at radius 3 is 2.36 bits per heavy atom. The summed E-state index contributed by atoms with van der Waals surface area (Å²) in [6.45, 7) is 7.81. The Morgan fingerprint density at radius 2 is 1.69 bits per heavy atom. The maximum atomic E-state index is 14.0. The molecule has 6 nitrogen and oxygen atoms in total. The average Bonchev–Trinajstić information content (AvgIpc) is 3.51. The fourth-order valence-electron chi connectivity index (χ4n) is 6.44. The van der Waals surface area contributed by atoms with Crippen LogP contribution in [0, 0.1) is 23.4 Å². The van der Waals surface area contributed by atoms with Gasteiger partial charge in [-0.15, -0.1) is 0 Å². The number of rotatable bonds is 8. The van der Waals surface area contributed by atoms with Crippen molar-refractivity contribution in [2.75, 3.05) is 0 Å². The summed E-state index contributed by atoms with van der Waals surface area (Å²) in [6.07, 6.45) is 2.69. The molecule has 3 heterocycles. The summed E-state index contributed by atoms with van der Waals surface area (Å²) in [6, 6.07) is 17.2. The highest BCUT2D eigenvalue weighted by atomic mass is 19.2. The number of nitrogens with zero attached hydrogens (tertiary/aromatic N) is 2. The Kier molecular flexibility index (Phi) is 7.51. The first-order valence-electron chi connectivity index (χ1n) is 14.9. The van der Waals surface area contributed by atoms with Gasteiger partial charge in [-0.25, -0.2) is 13.2 Å². The van der Waals surface area contributed by atoms with Crippen LogP contribution in [0.4, 0.5) is 13.2 Å². The number of carbonyl (C=O) groups excluding carboxylic acids is 2. The van der Waals surface area contributed by atoms with E-state index in [1.807, 2.05) is 62.7 Å². The van der Waals surface area contributed by atoms with Crippen molar-refractivity contribution in [3.63, 3.8) is 0 Å². The minimum atomic E-state index is -0.922. The average molecular weight is 611 g/mol. The van der Waals surface area contributed by atoms with Gasteiger partial charge in [0.25, 0.3) is 11.8 Å². The summed E-state index contributed by atoms with van der Waals surface area (Å²) in [4.78, 5) is 31.8. The van der Waals surface area contributed by atoms with Crippen LogP contribution in [-0.4, -0.2) is 21.4 Å². The van der Waals surface area contributed by atoms with Gasteiger partial charge >= 0.3 is 0 Å². The van der Waals surface area contributed by atoms with Crippen LogP contribution in [0.3, 0.4) is 0 Å². The minimum absolute atomic E-state index is 0.143. The van der Waals surface area contributed by atoms with Crippen molar-refractivity contribution in [2.24, 2.45) is 11.7 Å². The summed E-state index contributed by atoms with van der Waals surface area (Å²) in [5, 5.41) is 3.91. The van der Waals surface area contributed by atoms with Crippen LogP contribution in [0.25, 0.3) is 22.0 Å². The molecule has 2 aromatic heterocycles. The molecule has 3 aromatic carbocycles. The van der Waals surface area contributed by atoms with Gasteiger partial charge in [-0.1, -0.05) is 38.1 Å². The van der Waals surface area contributed by atoms with Gasteiger partial charge in [-0.05, 0) is 85.3 Å². The number of nitrogens with two attached hydrogens (primary N) is 1. The van der Waals surface area contributed by atoms with Crippen molar-refractivity contribution in [2.45, 2.75) is 52.1 Å². The van der Waals surface area contributed by atoms with Crippen molar-refractivity contribution < 1.29 is 22.8 Å². The third kappa shape index (κ3) is 5.36. The molecule has 0 saturated heterocycles. The van der Waals surface area contributed by atoms with Crippen molar-refractivity contribution in [1.82, 2.24) is 14.9 Å². The Morgan fingerprint density at radius 1 is 0.956 bits per heavy atom. The highest BCUT2D eigenvalue weighted by Gasteiger charge is 2.44. The normalized spacial score (nSPS) is 16.7. The molecule has 9 heteroatoms. The summed E-state index contributed by atoms with van der Waals surface area (Å²) >= 11 is 0. The summed E-state index contributed by atoms with van der Waals surface area (Å²) in [5.74, 6) is -3.08. The molecule has 6 rings (SSSR count). The van der Waals surface area contributed by atoms with E-state index in [4.69, 9.17) is 10.7 Å². The zero-order chi connectivity index (χ0) is 32.2. The number of fused-ring (bicyclic) bond motifs is 2. The van der Waals surface area contributed by atoms with E-state index in [1.54, 1.807) is 18.2 Å². The highest BCUT2D eigenvalue weighted by molar-refractivity contribution is 6.12. The van der Waals surface area contributed by atoms with Crippen LogP contribution in [0.15, 0.2) is 72.9 Å². The minimum Gasteiger partial charge on any atom is -0.366 e. The quantitative estimate of drug-likeness (QED) is 0.194. The number of primary amides is 1. The van der Waals surface area contributed by atoms with Crippen LogP contribution in [0.1, 0.15) is 77.0 Å². The maximum Gasteiger partial charge on any atom is 0.254 e. The summed E-state index contributed by atoms with van der Waals surface area (Å²) in [7, 11) is 0. The Labute approximate surface area is 259 Å². The zero-order valence-corrected chi connectivity index (χ0v) is 25.4. The molecule has 2 amide bonds. The number of halogens is 3. The van der Waals surface area contributed by atoms with Gasteiger partial charge < -0.3 is 15.6 Å². The number of hydrogen-bond donors (Lipinski definition) is 2. The standard InChI is InChI=1S/C36H33F3N4O2/c1-19(2)15-28-31(34(40)44)30(32-33(41-28)36(4,42-35(32)45)18-21-5-9-25(37)10-6-21)24-8-12-29-23(16-24)13-14-43(29)20(3)22-7-11-26(38)27(39)17-22/h5-14,16-17,19-20H,15,18H2,1-4H3,(H2,40,44)(H,42,45)/t20?,36-/m0/s1. The second-order valence-corrected chi connectivity index (χ2v) is 12.4. The topological polar surface area (TPSA) is 90.0 Å². The molecule has 0 saturated carbocycles. The van der Waals surface area contributed by atoms with Crippen molar-refractivity contribution >= 4 is 22.7 Å². The van der Waals surface area contributed by atoms with Gasteiger partial charge in [0.05, 0.1) is 34.1 Å². The summed E-state index contributed by atoms with van der Waals surface area (Å²) < 4.78 is 43.2. The molecule has 5 aromatic rings. The lowest BCUT2D eigenvalue weighted by Gasteiger charge is -2.26. The number of hydrogen-bond acceptors (Lipinski definition) is 3. The molecular formula is C36H33F3N4O2. The molecule has 0 spiro atoms. The molecule has 3 N–H and O–H groups in total. The lowest BCUT2D eigenvalue weighted by molar-refractivity contribution is 0.0935. The number of amides is 2. The zero-order valence-electron chi connectivity index (χ0n) is 25.4. The largest absolute Gasteiger partial charge is 0.366 e. The fourth-order valence-corrected chi connectivity index (χ4v) is 6.44. The second kappa shape index (κ2) is 11.2. The third-order valence-electron chi connectivity index (χ3n) is 8.58. The van der Waals surface area contributed by atoms with E-state index in [0.717, 1.165) is 22.5 Å². The SMILES string of the molecule is CC(C)Cc1nc2c(c(-c3ccc4c(ccn4C(C)c4ccc(F)c(F)c4)c3)c1C(N)=O)C(=O)N[C@@]2(C)Cc1ccc(F)cc1. The van der Waals surface area contributed by atoms with Crippen LogP contribution in [0.5, 0.6) is 0 Å². The van der Waals surface area contributed by atoms with Gasteiger partial charge in [0.1, 0.15) is 5.82 Å². The first-order valence-corrected chi connectivity index (χ1v) is 14.9. The number of pyridine rings is 1. The van der Waals surface area contributed by atoms with E-state index >= 15 is 0 Å². The Hall–Kier alpha value is -4.92. The molecule has 0 bridgehead atoms. The molecule has 0 radical (unpaired) electrons. The smallest absolute Gasteiger partial charge is 0.254 e. The molecule has 0 aliphatic carbocycles. The van der Waals surface area contributed by atoms with Gasteiger partial charge in [0.15, 0.2) is 11.6 Å². The highest BCUT2D eigenvalue weighted by Crippen LogP contribution is 2.42. The maximum absolute atomic E-state index is 14.0. The van der Waals surface area contributed by atoms with E-state index < -0.39 is 23.1 Å². The Bertz CT molecular complexity index is 1980. The van der Waals surface area contributed by atoms with Crippen LogP contribution in [0.2, 0.25) is 0 Å². The molecular weight excluding hydrogens is 577 g/mol. The lowest BCUT2D eigenvalue weighted by atomic mass is 9.84. The predicted molar refractivity (Wildman–Crippen MR) is 167 cm³/mol. The first-order chi connectivity index (χ1) is 21.4. The first kappa shape index (κ1) is 30.1. The number of benzene rings is 3. The van der Waals surface area contributed by atoms with Crippen LogP contribution < -0.4 is 11.1 Å². The third-order valence-corrected chi connectivity index (χ3v) is 8.58. The second-order valence-electron chi connectivity index (χ2n) is 12.4. The summed E-state index contributed by atoms with van der Waals surface area (Å²) in [5.41, 5.74) is 9.90. The molecule has 1 aliphatic rings. The van der Waals surface area contributed by atoms with E-state index in [1.165, 1.54) is 18.2 Å². The lowest BCUT2D eigenvalue weighted by Crippen LogP contribution is -2.39. The van der Waals surface area contributed by atoms with E-state index in [9.17, 15) is 22.8 Å². The van der Waals surface area contributed by atoms with Crippen molar-refractivity contribution in [3.8, 4) is 11.1 Å². The number of aromatic nitrogens is 2. The fraction of sp³-hybridized carbons (Fsp3) is 0.250. The monoisotopic (exact) mass is 610 g/mol. The van der Waals surface area contributed by atoms with E-state index in [-0.39, 0.29) is 34.8 Å². The molecule has 2 atom stereocenters. The van der Waals surface area contributed by atoms with Gasteiger partial charge in [-0.2, -0.15) is 0 Å². The predicted octanol–water partition coefficient (Wildman–Crippen LogP) is 7.23. The van der Waals surface area contributed by atoms with Crippen molar-refractivity contribution in [1.29, 1.82) is 0 Å². The van der Waals surface area contributed by atoms with Gasteiger partial charge in [0, 0.05) is 29.1 Å². The van der Waals surface area contributed by atoms with Crippen LogP contribution in [-0.2, 0) is 18.4 Å². The molecule has 45 heavy (non-hydrogen) atoms. The molecule has 1 aliphatic heterocycles. The molecule has 1 unspecified atom stereocenters. The van der Waals surface area contributed by atoms with Gasteiger partial charge in [0.2, 0.25) is 0 Å². The van der Waals surface area contributed by atoms with E-state index in [2.05, 4.69) is 5.32 Å². The van der Waals surface area contributed by atoms with Gasteiger partial charge in [-0.3, -0.25) is 14.6 Å². The van der Waals surface area contributed by atoms with E-state index in [0.29, 0.717) is 40.9 Å². The molecule has 0 fully saturated rings. The Balaban J connectivity index is 1.52. The van der Waals surface area contributed by atoms with Crippen LogP contribution >= 0.6 is 0 Å². The molecule has 230 valence electrons. The number of nitrogens with one attached hydrogen (secondary N) is 1. The van der Waals surface area contributed by atoms with Crippen molar-refractivity contribution in [3.05, 3.63) is 124 Å². The number of carbonyl (C=O) groups is 2.